The van der Waals surface area contributed by atoms with Crippen molar-refractivity contribution in [1.82, 2.24) is 0 Å². The summed E-state index contributed by atoms with van der Waals surface area (Å²) in [5.41, 5.74) is 0.0432. The van der Waals surface area contributed by atoms with Crippen LogP contribution in [0.3, 0.4) is 0 Å². The molecule has 0 bridgehead atoms. The molecule has 0 aliphatic rings. The first-order valence-corrected chi connectivity index (χ1v) is 3.74. The predicted octanol–water partition coefficient (Wildman–Crippen LogP) is 0.127. The van der Waals surface area contributed by atoms with Crippen LogP contribution in [-0.2, 0) is 28.9 Å². The summed E-state index contributed by atoms with van der Waals surface area (Å²) in [5, 5.41) is 0. The van der Waals surface area contributed by atoms with Crippen LogP contribution in [-0.4, -0.2) is 24.5 Å². The van der Waals surface area contributed by atoms with Crippen LogP contribution in [0.15, 0.2) is 12.2 Å². The van der Waals surface area contributed by atoms with Gasteiger partial charge in [-0.15, -0.1) is 0 Å². The summed E-state index contributed by atoms with van der Waals surface area (Å²) >= 11 is 0. The van der Waals surface area contributed by atoms with Gasteiger partial charge in [-0.2, -0.15) is 0 Å². The van der Waals surface area contributed by atoms with Crippen LogP contribution in [0.2, 0.25) is 0 Å². The maximum atomic E-state index is 10.7. The monoisotopic (exact) mass is 202 g/mol. The zero-order valence-electron chi connectivity index (χ0n) is 7.86. The molecule has 14 heavy (non-hydrogen) atoms. The van der Waals surface area contributed by atoms with E-state index in [1.54, 1.807) is 0 Å². The Morgan fingerprint density at radius 2 is 1.57 bits per heavy atom. The third kappa shape index (κ3) is 4.24. The van der Waals surface area contributed by atoms with Crippen molar-refractivity contribution >= 4 is 17.9 Å². The summed E-state index contributed by atoms with van der Waals surface area (Å²) < 4.78 is 4.27. The van der Waals surface area contributed by atoms with Gasteiger partial charge in [-0.1, -0.05) is 6.58 Å². The Balaban J connectivity index is 3.91. The maximum Gasteiger partial charge on any atom is 0.462 e. The molecule has 0 atom stereocenters. The van der Waals surface area contributed by atoms with E-state index < -0.39 is 17.9 Å². The average Bonchev–Trinajstić information content (AvgIpc) is 2.13. The highest BCUT2D eigenvalue weighted by Crippen LogP contribution is 1.94. The fourth-order valence-corrected chi connectivity index (χ4v) is 0.371. The Hall–Kier alpha value is -1.85. The van der Waals surface area contributed by atoms with Crippen LogP contribution in [0.1, 0.15) is 13.8 Å². The molecule has 0 heterocycles. The fourth-order valence-electron chi connectivity index (χ4n) is 0.371. The van der Waals surface area contributed by atoms with Crippen molar-refractivity contribution in [2.45, 2.75) is 13.8 Å². The van der Waals surface area contributed by atoms with Gasteiger partial charge in [0, 0.05) is 5.57 Å². The van der Waals surface area contributed by atoms with E-state index in [4.69, 9.17) is 0 Å². The largest absolute Gasteiger partial charge is 0.462 e. The van der Waals surface area contributed by atoms with E-state index >= 15 is 0 Å². The van der Waals surface area contributed by atoms with Crippen LogP contribution in [0.4, 0.5) is 0 Å². The molecule has 0 rings (SSSR count). The molecule has 0 aliphatic heterocycles. The van der Waals surface area contributed by atoms with Crippen LogP contribution < -0.4 is 0 Å². The van der Waals surface area contributed by atoms with Gasteiger partial charge < -0.3 is 4.74 Å². The molecule has 0 N–H and O–H groups in total. The third-order valence-electron chi connectivity index (χ3n) is 0.984. The number of rotatable bonds is 2. The molecular formula is C8H10O6. The topological polar surface area (TPSA) is 78.9 Å². The Morgan fingerprint density at radius 1 is 1.07 bits per heavy atom. The summed E-state index contributed by atoms with van der Waals surface area (Å²) in [5.74, 6) is -3.54. The van der Waals surface area contributed by atoms with Gasteiger partial charge in [0.05, 0.1) is 6.61 Å². The predicted molar refractivity (Wildman–Crippen MR) is 43.6 cm³/mol. The van der Waals surface area contributed by atoms with Gasteiger partial charge in [0.15, 0.2) is 0 Å². The lowest BCUT2D eigenvalue weighted by Gasteiger charge is -2.01. The molecule has 0 aliphatic carbocycles. The smallest absolute Gasteiger partial charge is 0.457 e. The van der Waals surface area contributed by atoms with Crippen molar-refractivity contribution in [3.05, 3.63) is 12.2 Å². The first-order valence-electron chi connectivity index (χ1n) is 3.74. The summed E-state index contributed by atoms with van der Waals surface area (Å²) in [4.78, 5) is 39.7. The molecule has 6 heteroatoms. The highest BCUT2D eigenvalue weighted by molar-refractivity contribution is 6.29. The molecule has 0 aromatic heterocycles. The summed E-state index contributed by atoms with van der Waals surface area (Å²) in [6, 6.07) is 0. The summed E-state index contributed by atoms with van der Waals surface area (Å²) in [6.07, 6.45) is 0. The van der Waals surface area contributed by atoms with E-state index in [9.17, 15) is 14.4 Å². The normalized spacial score (nSPS) is 8.71. The Bertz CT molecular complexity index is 267. The maximum absolute atomic E-state index is 10.7. The number of carbonyl (C=O) groups excluding carboxylic acids is 3. The molecule has 78 valence electrons. The summed E-state index contributed by atoms with van der Waals surface area (Å²) in [7, 11) is 0. The van der Waals surface area contributed by atoms with Crippen LogP contribution in [0.5, 0.6) is 0 Å². The van der Waals surface area contributed by atoms with E-state index in [1.807, 2.05) is 0 Å². The van der Waals surface area contributed by atoms with Gasteiger partial charge >= 0.3 is 17.9 Å². The molecule has 0 aromatic rings. The minimum atomic E-state index is -1.39. The van der Waals surface area contributed by atoms with Crippen molar-refractivity contribution in [2.75, 3.05) is 6.61 Å². The number of carbonyl (C=O) groups is 3. The standard InChI is InChI=1S/C8H10O6/c1-4-12-7(10)8(11)14-13-6(9)5(2)3/h2,4H2,1,3H3. The number of esters is 1. The second-order valence-electron chi connectivity index (χ2n) is 2.24. The lowest BCUT2D eigenvalue weighted by molar-refractivity contribution is -0.256. The SMILES string of the molecule is C=C(C)C(=O)OOC(=O)C(=O)OCC. The molecule has 0 fully saturated rings. The number of hydrogen-bond donors (Lipinski definition) is 0. The van der Waals surface area contributed by atoms with E-state index in [2.05, 4.69) is 21.1 Å². The molecule has 0 spiro atoms. The number of ether oxygens (including phenoxy) is 1. The van der Waals surface area contributed by atoms with Crippen molar-refractivity contribution < 1.29 is 28.9 Å². The Labute approximate surface area is 80.4 Å². The molecule has 0 aromatic carbocycles. The van der Waals surface area contributed by atoms with Crippen LogP contribution in [0, 0.1) is 0 Å². The molecule has 0 saturated heterocycles. The zero-order valence-corrected chi connectivity index (χ0v) is 7.86. The van der Waals surface area contributed by atoms with Gasteiger partial charge in [-0.25, -0.2) is 24.2 Å². The van der Waals surface area contributed by atoms with Crippen LogP contribution in [0.25, 0.3) is 0 Å². The van der Waals surface area contributed by atoms with Gasteiger partial charge in [0.2, 0.25) is 0 Å². The Morgan fingerprint density at radius 3 is 2.00 bits per heavy atom. The van der Waals surface area contributed by atoms with E-state index in [-0.39, 0.29) is 12.2 Å². The molecule has 0 radical (unpaired) electrons. The second-order valence-corrected chi connectivity index (χ2v) is 2.24. The molecule has 0 saturated carbocycles. The minimum absolute atomic E-state index is 0.0301. The molecule has 0 unspecified atom stereocenters. The summed E-state index contributed by atoms with van der Waals surface area (Å²) in [6.45, 7) is 6.14. The van der Waals surface area contributed by atoms with Crippen molar-refractivity contribution in [2.24, 2.45) is 0 Å². The third-order valence-corrected chi connectivity index (χ3v) is 0.984. The molecule has 0 amide bonds. The van der Waals surface area contributed by atoms with Crippen molar-refractivity contribution in [1.29, 1.82) is 0 Å². The van der Waals surface area contributed by atoms with Gasteiger partial charge in [0.25, 0.3) is 0 Å². The van der Waals surface area contributed by atoms with Gasteiger partial charge in [-0.3, -0.25) is 0 Å². The van der Waals surface area contributed by atoms with Gasteiger partial charge in [0.1, 0.15) is 0 Å². The number of hydrogen-bond acceptors (Lipinski definition) is 6. The van der Waals surface area contributed by atoms with Crippen LogP contribution >= 0.6 is 0 Å². The zero-order chi connectivity index (χ0) is 11.1. The molecule has 6 nitrogen and oxygen atoms in total. The average molecular weight is 202 g/mol. The van der Waals surface area contributed by atoms with Gasteiger partial charge in [-0.05, 0) is 13.8 Å². The van der Waals surface area contributed by atoms with E-state index in [0.29, 0.717) is 0 Å². The highest BCUT2D eigenvalue weighted by Gasteiger charge is 2.20. The van der Waals surface area contributed by atoms with Crippen molar-refractivity contribution in [3.8, 4) is 0 Å². The lowest BCUT2D eigenvalue weighted by Crippen LogP contribution is -2.22. The second kappa shape index (κ2) is 5.74. The highest BCUT2D eigenvalue weighted by atomic mass is 17.2. The first kappa shape index (κ1) is 12.2. The van der Waals surface area contributed by atoms with E-state index in [1.165, 1.54) is 13.8 Å². The van der Waals surface area contributed by atoms with E-state index in [0.717, 1.165) is 0 Å². The fraction of sp³-hybridized carbons (Fsp3) is 0.375. The van der Waals surface area contributed by atoms with Crippen molar-refractivity contribution in [3.63, 3.8) is 0 Å². The lowest BCUT2D eigenvalue weighted by atomic mass is 10.4. The first-order chi connectivity index (χ1) is 6.49. The quantitative estimate of drug-likeness (QED) is 0.208. The Kier molecular flexibility index (Phi) is 4.98. The minimum Gasteiger partial charge on any atom is -0.457 e. The molecular weight excluding hydrogens is 192 g/mol.